The highest BCUT2D eigenvalue weighted by molar-refractivity contribution is 7.16. The van der Waals surface area contributed by atoms with Crippen LogP contribution in [0.2, 0.25) is 10.0 Å². The van der Waals surface area contributed by atoms with Crippen molar-refractivity contribution in [2.24, 2.45) is 4.99 Å². The monoisotopic (exact) mass is 479 g/mol. The summed E-state index contributed by atoms with van der Waals surface area (Å²) in [6, 6.07) is 9.07. The van der Waals surface area contributed by atoms with Gasteiger partial charge in [0.25, 0.3) is 11.6 Å². The van der Waals surface area contributed by atoms with Gasteiger partial charge >= 0.3 is 5.97 Å². The number of fused-ring (bicyclic) bond motifs is 1. The maximum absolute atomic E-state index is 12.4. The molecule has 11 heteroatoms. The number of nitro groups is 1. The van der Waals surface area contributed by atoms with Crippen LogP contribution in [0.4, 0.5) is 5.69 Å². The minimum Gasteiger partial charge on any atom is -0.465 e. The Morgan fingerprint density at radius 1 is 1.23 bits per heavy atom. The van der Waals surface area contributed by atoms with Crippen LogP contribution in [0, 0.1) is 10.1 Å². The summed E-state index contributed by atoms with van der Waals surface area (Å²) in [4.78, 5) is 39.0. The van der Waals surface area contributed by atoms with Crippen LogP contribution in [0.1, 0.15) is 12.5 Å². The SMILES string of the molecule is CCOC(=O)Cn1c(=NC(=O)/C=C\c2ccc([N+](=O)[O-])cc2)sc2ccc(Cl)c(Cl)c21. The van der Waals surface area contributed by atoms with Crippen molar-refractivity contribution in [2.45, 2.75) is 13.5 Å². The summed E-state index contributed by atoms with van der Waals surface area (Å²) in [7, 11) is 0. The first-order valence-electron chi connectivity index (χ1n) is 8.94. The molecule has 0 saturated carbocycles. The predicted octanol–water partition coefficient (Wildman–Crippen LogP) is 4.62. The number of ether oxygens (including phenoxy) is 1. The molecule has 0 aliphatic heterocycles. The number of non-ortho nitro benzene ring substituents is 1. The number of nitrogens with zero attached hydrogens (tertiary/aromatic N) is 3. The highest BCUT2D eigenvalue weighted by Crippen LogP contribution is 2.32. The first-order chi connectivity index (χ1) is 14.8. The van der Waals surface area contributed by atoms with Crippen LogP contribution in [0.5, 0.6) is 0 Å². The van der Waals surface area contributed by atoms with Gasteiger partial charge in [0.2, 0.25) is 0 Å². The van der Waals surface area contributed by atoms with Crippen LogP contribution in [0.25, 0.3) is 16.3 Å². The van der Waals surface area contributed by atoms with Crippen molar-refractivity contribution in [1.29, 1.82) is 0 Å². The van der Waals surface area contributed by atoms with Crippen LogP contribution >= 0.6 is 34.5 Å². The minimum atomic E-state index is -0.579. The number of hydrogen-bond acceptors (Lipinski definition) is 6. The smallest absolute Gasteiger partial charge is 0.326 e. The van der Waals surface area contributed by atoms with E-state index in [1.807, 2.05) is 0 Å². The highest BCUT2D eigenvalue weighted by Gasteiger charge is 2.16. The fourth-order valence-corrected chi connectivity index (χ4v) is 4.20. The Morgan fingerprint density at radius 3 is 2.58 bits per heavy atom. The lowest BCUT2D eigenvalue weighted by Crippen LogP contribution is -2.23. The molecule has 0 aliphatic rings. The molecule has 1 amide bonds. The fourth-order valence-electron chi connectivity index (χ4n) is 2.68. The molecule has 3 aromatic rings. The third kappa shape index (κ3) is 5.38. The molecule has 2 aromatic carbocycles. The van der Waals surface area contributed by atoms with Crippen LogP contribution < -0.4 is 4.80 Å². The molecule has 0 radical (unpaired) electrons. The molecule has 0 saturated heterocycles. The van der Waals surface area contributed by atoms with Crippen molar-refractivity contribution in [3.63, 3.8) is 0 Å². The summed E-state index contributed by atoms with van der Waals surface area (Å²) >= 11 is 13.6. The van der Waals surface area contributed by atoms with Crippen molar-refractivity contribution in [1.82, 2.24) is 4.57 Å². The molecule has 8 nitrogen and oxygen atoms in total. The summed E-state index contributed by atoms with van der Waals surface area (Å²) in [5.41, 5.74) is 1.03. The topological polar surface area (TPSA) is 104 Å². The van der Waals surface area contributed by atoms with E-state index in [-0.39, 0.29) is 28.7 Å². The van der Waals surface area contributed by atoms with E-state index in [0.29, 0.717) is 20.8 Å². The number of nitro benzene ring substituents is 1. The van der Waals surface area contributed by atoms with Gasteiger partial charge in [-0.25, -0.2) is 0 Å². The lowest BCUT2D eigenvalue weighted by molar-refractivity contribution is -0.384. The lowest BCUT2D eigenvalue weighted by atomic mass is 10.2. The number of hydrogen-bond donors (Lipinski definition) is 0. The number of amides is 1. The standard InChI is InChI=1S/C20H15Cl2N3O5S/c1-2-30-17(27)11-24-19-15(9-8-14(21)18(19)22)31-20(24)23-16(26)10-5-12-3-6-13(7-4-12)25(28)29/h3-10H,2,11H2,1H3/b10-5-,23-20?. The molecule has 0 atom stereocenters. The Morgan fingerprint density at radius 2 is 1.94 bits per heavy atom. The van der Waals surface area contributed by atoms with Crippen molar-refractivity contribution < 1.29 is 19.2 Å². The summed E-state index contributed by atoms with van der Waals surface area (Å²) in [5.74, 6) is -1.08. The lowest BCUT2D eigenvalue weighted by Gasteiger charge is -2.06. The third-order valence-electron chi connectivity index (χ3n) is 4.05. The normalized spacial score (nSPS) is 11.9. The van der Waals surface area contributed by atoms with Crippen LogP contribution in [0.3, 0.4) is 0 Å². The van der Waals surface area contributed by atoms with Crippen LogP contribution in [-0.2, 0) is 20.9 Å². The van der Waals surface area contributed by atoms with Gasteiger partial charge < -0.3 is 9.30 Å². The van der Waals surface area contributed by atoms with Crippen molar-refractivity contribution in [2.75, 3.05) is 6.61 Å². The molecule has 0 aliphatic carbocycles. The third-order valence-corrected chi connectivity index (χ3v) is 5.89. The summed E-state index contributed by atoms with van der Waals surface area (Å²) in [6.45, 7) is 1.71. The zero-order valence-electron chi connectivity index (χ0n) is 16.1. The molecule has 160 valence electrons. The number of benzene rings is 2. The van der Waals surface area contributed by atoms with Crippen molar-refractivity contribution in [3.05, 3.63) is 73.0 Å². The Labute approximate surface area is 190 Å². The van der Waals surface area contributed by atoms with Gasteiger partial charge in [0, 0.05) is 18.2 Å². The van der Waals surface area contributed by atoms with Crippen LogP contribution in [-0.4, -0.2) is 28.0 Å². The van der Waals surface area contributed by atoms with Crippen LogP contribution in [0.15, 0.2) is 47.5 Å². The molecule has 1 aromatic heterocycles. The highest BCUT2D eigenvalue weighted by atomic mass is 35.5. The zero-order valence-corrected chi connectivity index (χ0v) is 18.4. The van der Waals surface area contributed by atoms with E-state index < -0.39 is 16.8 Å². The quantitative estimate of drug-likeness (QED) is 0.222. The first kappa shape index (κ1) is 22.7. The average Bonchev–Trinajstić information content (AvgIpc) is 3.07. The molecular formula is C20H15Cl2N3O5S. The maximum atomic E-state index is 12.4. The van der Waals surface area contributed by atoms with Gasteiger partial charge in [-0.3, -0.25) is 19.7 Å². The predicted molar refractivity (Wildman–Crippen MR) is 119 cm³/mol. The van der Waals surface area contributed by atoms with Crippen molar-refractivity contribution >= 4 is 68.4 Å². The number of carbonyl (C=O) groups is 2. The number of carbonyl (C=O) groups excluding carboxylic acids is 2. The second-order valence-corrected chi connectivity index (χ2v) is 7.91. The van der Waals surface area contributed by atoms with E-state index in [2.05, 4.69) is 4.99 Å². The molecule has 0 bridgehead atoms. The largest absolute Gasteiger partial charge is 0.465 e. The van der Waals surface area contributed by atoms with Crippen molar-refractivity contribution in [3.8, 4) is 0 Å². The Hall–Kier alpha value is -3.01. The molecule has 31 heavy (non-hydrogen) atoms. The number of rotatable bonds is 6. The number of aromatic nitrogens is 1. The average molecular weight is 480 g/mol. The van der Waals surface area contributed by atoms with Gasteiger partial charge in [-0.1, -0.05) is 34.5 Å². The Balaban J connectivity index is 1.98. The second kappa shape index (κ2) is 9.86. The van der Waals surface area contributed by atoms with E-state index >= 15 is 0 Å². The second-order valence-electron chi connectivity index (χ2n) is 6.12. The van der Waals surface area contributed by atoms with E-state index in [9.17, 15) is 19.7 Å². The van der Waals surface area contributed by atoms with Gasteiger partial charge in [0.1, 0.15) is 6.54 Å². The van der Waals surface area contributed by atoms with E-state index in [4.69, 9.17) is 27.9 Å². The molecule has 1 heterocycles. The van der Waals surface area contributed by atoms with Gasteiger partial charge in [-0.15, -0.1) is 0 Å². The maximum Gasteiger partial charge on any atom is 0.326 e. The molecular weight excluding hydrogens is 465 g/mol. The van der Waals surface area contributed by atoms with Gasteiger partial charge in [0.05, 0.1) is 31.8 Å². The van der Waals surface area contributed by atoms with Gasteiger partial charge in [-0.2, -0.15) is 4.99 Å². The van der Waals surface area contributed by atoms with Gasteiger partial charge in [-0.05, 0) is 42.8 Å². The zero-order chi connectivity index (χ0) is 22.5. The summed E-state index contributed by atoms with van der Waals surface area (Å²) in [5, 5.41) is 11.3. The molecule has 0 unspecified atom stereocenters. The number of thiazole rings is 1. The Bertz CT molecular complexity index is 1260. The number of esters is 1. The van der Waals surface area contributed by atoms with E-state index in [1.165, 1.54) is 52.3 Å². The van der Waals surface area contributed by atoms with E-state index in [0.717, 1.165) is 0 Å². The fraction of sp³-hybridized carbons (Fsp3) is 0.150. The van der Waals surface area contributed by atoms with Gasteiger partial charge in [0.15, 0.2) is 4.80 Å². The number of halogens is 2. The molecule has 0 fully saturated rings. The molecule has 3 rings (SSSR count). The first-order valence-corrected chi connectivity index (χ1v) is 10.5. The minimum absolute atomic E-state index is 0.0472. The Kier molecular flexibility index (Phi) is 7.21. The van der Waals surface area contributed by atoms with E-state index in [1.54, 1.807) is 19.1 Å². The molecule has 0 spiro atoms. The molecule has 0 N–H and O–H groups in total. The summed E-state index contributed by atoms with van der Waals surface area (Å²) in [6.07, 6.45) is 2.72. The summed E-state index contributed by atoms with van der Waals surface area (Å²) < 4.78 is 7.19.